The second kappa shape index (κ2) is 6.66. The van der Waals surface area contributed by atoms with Crippen molar-refractivity contribution in [3.63, 3.8) is 0 Å². The van der Waals surface area contributed by atoms with Crippen molar-refractivity contribution in [1.82, 2.24) is 10.3 Å². The van der Waals surface area contributed by atoms with E-state index in [2.05, 4.69) is 31.0 Å². The molecule has 1 aliphatic carbocycles. The van der Waals surface area contributed by atoms with Crippen LogP contribution in [0.1, 0.15) is 69.4 Å². The molecular weight excluding hydrogens is 278 g/mol. The summed E-state index contributed by atoms with van der Waals surface area (Å²) in [5.41, 5.74) is 1.41. The molecule has 1 atom stereocenters. The lowest BCUT2D eigenvalue weighted by molar-refractivity contribution is 0.484. The van der Waals surface area contributed by atoms with E-state index < -0.39 is 0 Å². The highest BCUT2D eigenvalue weighted by molar-refractivity contribution is 7.15. The Bertz CT molecular complexity index is 465. The van der Waals surface area contributed by atoms with Crippen LogP contribution in [0.15, 0.2) is 0 Å². The summed E-state index contributed by atoms with van der Waals surface area (Å²) in [5, 5.41) is 4.89. The van der Waals surface area contributed by atoms with Crippen LogP contribution in [-0.4, -0.2) is 24.1 Å². The molecule has 2 fully saturated rings. The van der Waals surface area contributed by atoms with Crippen LogP contribution in [0, 0.1) is 5.92 Å². The minimum absolute atomic E-state index is 0.661. The maximum absolute atomic E-state index is 5.05. The monoisotopic (exact) mass is 307 g/mol. The third-order valence-electron chi connectivity index (χ3n) is 4.57. The molecule has 0 amide bonds. The minimum atomic E-state index is 0.661. The average molecular weight is 308 g/mol. The van der Waals surface area contributed by atoms with Crippen molar-refractivity contribution >= 4 is 16.5 Å². The number of rotatable bonds is 6. The molecule has 0 spiro atoms. The highest BCUT2D eigenvalue weighted by Crippen LogP contribution is 2.44. The van der Waals surface area contributed by atoms with Crippen LogP contribution < -0.4 is 10.2 Å². The van der Waals surface area contributed by atoms with Gasteiger partial charge in [-0.2, -0.15) is 0 Å². The maximum Gasteiger partial charge on any atom is 0.186 e. The van der Waals surface area contributed by atoms with Crippen molar-refractivity contribution in [2.24, 2.45) is 5.92 Å². The summed E-state index contributed by atoms with van der Waals surface area (Å²) in [6.45, 7) is 10.2. The number of anilines is 1. The molecular formula is C17H29N3S. The van der Waals surface area contributed by atoms with Crippen LogP contribution in [0.2, 0.25) is 0 Å². The zero-order valence-corrected chi connectivity index (χ0v) is 14.5. The first-order valence-corrected chi connectivity index (χ1v) is 9.43. The van der Waals surface area contributed by atoms with E-state index in [0.29, 0.717) is 12.0 Å². The summed E-state index contributed by atoms with van der Waals surface area (Å²) in [5.74, 6) is 1.47. The molecule has 0 aromatic carbocycles. The van der Waals surface area contributed by atoms with Crippen molar-refractivity contribution in [1.29, 1.82) is 0 Å². The molecule has 118 valence electrons. The Morgan fingerprint density at radius 2 is 2.10 bits per heavy atom. The molecule has 4 heteroatoms. The third kappa shape index (κ3) is 3.78. The van der Waals surface area contributed by atoms with Crippen molar-refractivity contribution in [2.75, 3.05) is 18.0 Å². The molecule has 1 aromatic rings. The number of hydrogen-bond donors (Lipinski definition) is 1. The highest BCUT2D eigenvalue weighted by Gasteiger charge is 2.31. The van der Waals surface area contributed by atoms with Crippen LogP contribution in [0.4, 0.5) is 5.13 Å². The Morgan fingerprint density at radius 1 is 1.29 bits per heavy atom. The van der Waals surface area contributed by atoms with Crippen LogP contribution in [-0.2, 0) is 6.54 Å². The van der Waals surface area contributed by atoms with E-state index >= 15 is 0 Å². The summed E-state index contributed by atoms with van der Waals surface area (Å²) in [4.78, 5) is 9.09. The Morgan fingerprint density at radius 3 is 2.76 bits per heavy atom. The van der Waals surface area contributed by atoms with E-state index in [1.54, 1.807) is 0 Å². The van der Waals surface area contributed by atoms with E-state index in [1.807, 2.05) is 11.3 Å². The van der Waals surface area contributed by atoms with E-state index in [9.17, 15) is 0 Å². The number of nitrogens with one attached hydrogen (secondary N) is 1. The minimum Gasteiger partial charge on any atom is -0.345 e. The number of piperidine rings is 1. The van der Waals surface area contributed by atoms with Gasteiger partial charge in [0.05, 0.1) is 5.69 Å². The van der Waals surface area contributed by atoms with Crippen LogP contribution in [0.5, 0.6) is 0 Å². The van der Waals surface area contributed by atoms with Gasteiger partial charge in [-0.25, -0.2) is 4.98 Å². The lowest BCUT2D eigenvalue weighted by Gasteiger charge is -2.33. The molecule has 1 saturated heterocycles. The van der Waals surface area contributed by atoms with Crippen molar-refractivity contribution in [3.05, 3.63) is 10.6 Å². The number of nitrogens with zero attached hydrogens (tertiary/aromatic N) is 2. The molecule has 21 heavy (non-hydrogen) atoms. The second-order valence-corrected chi connectivity index (χ2v) is 8.20. The van der Waals surface area contributed by atoms with Crippen molar-refractivity contribution < 1.29 is 0 Å². The lowest BCUT2D eigenvalue weighted by atomic mass is 10.0. The quantitative estimate of drug-likeness (QED) is 0.856. The summed E-state index contributed by atoms with van der Waals surface area (Å²) < 4.78 is 0. The van der Waals surface area contributed by atoms with Gasteiger partial charge in [-0.1, -0.05) is 13.8 Å². The fourth-order valence-electron chi connectivity index (χ4n) is 3.13. The molecule has 1 aliphatic heterocycles. The Balaban J connectivity index is 1.72. The Labute approximate surface area is 133 Å². The SMILES string of the molecule is CC(C)CNCc1sc(N2CCCCC2C)nc1C1CC1. The molecule has 1 aromatic heterocycles. The van der Waals surface area contributed by atoms with Crippen LogP contribution in [0.25, 0.3) is 0 Å². The average Bonchev–Trinajstić information content (AvgIpc) is 3.21. The Hall–Kier alpha value is -0.610. The number of aromatic nitrogens is 1. The lowest BCUT2D eigenvalue weighted by Crippen LogP contribution is -2.37. The molecule has 3 nitrogen and oxygen atoms in total. The zero-order chi connectivity index (χ0) is 14.8. The van der Waals surface area contributed by atoms with Crippen LogP contribution >= 0.6 is 11.3 Å². The van der Waals surface area contributed by atoms with Gasteiger partial charge in [0.25, 0.3) is 0 Å². The number of thiazole rings is 1. The van der Waals surface area contributed by atoms with Gasteiger partial charge in [-0.3, -0.25) is 0 Å². The maximum atomic E-state index is 5.05. The van der Waals surface area contributed by atoms with E-state index in [-0.39, 0.29) is 0 Å². The molecule has 0 bridgehead atoms. The van der Waals surface area contributed by atoms with Gasteiger partial charge in [-0.05, 0) is 51.5 Å². The van der Waals surface area contributed by atoms with E-state index in [0.717, 1.165) is 19.0 Å². The van der Waals surface area contributed by atoms with Crippen molar-refractivity contribution in [3.8, 4) is 0 Å². The number of hydrogen-bond acceptors (Lipinski definition) is 4. The fourth-order valence-corrected chi connectivity index (χ4v) is 4.38. The fraction of sp³-hybridized carbons (Fsp3) is 0.824. The summed E-state index contributed by atoms with van der Waals surface area (Å²) in [6, 6.07) is 0.661. The van der Waals surface area contributed by atoms with Gasteiger partial charge in [-0.15, -0.1) is 11.3 Å². The zero-order valence-electron chi connectivity index (χ0n) is 13.7. The van der Waals surface area contributed by atoms with Crippen molar-refractivity contribution in [2.45, 2.75) is 71.4 Å². The highest BCUT2D eigenvalue weighted by atomic mass is 32.1. The third-order valence-corrected chi connectivity index (χ3v) is 5.68. The normalized spacial score (nSPS) is 23.0. The van der Waals surface area contributed by atoms with Gasteiger partial charge in [0.1, 0.15) is 0 Å². The summed E-state index contributed by atoms with van der Waals surface area (Å²) in [6.07, 6.45) is 6.70. The van der Waals surface area contributed by atoms with E-state index in [4.69, 9.17) is 4.98 Å². The first-order chi connectivity index (χ1) is 10.1. The predicted octanol–water partition coefficient (Wildman–Crippen LogP) is 4.14. The molecule has 3 rings (SSSR count). The smallest absolute Gasteiger partial charge is 0.186 e. The van der Waals surface area contributed by atoms with Gasteiger partial charge >= 0.3 is 0 Å². The van der Waals surface area contributed by atoms with Gasteiger partial charge in [0, 0.05) is 29.9 Å². The second-order valence-electron chi connectivity index (χ2n) is 7.14. The van der Waals surface area contributed by atoms with Gasteiger partial charge < -0.3 is 10.2 Å². The molecule has 2 heterocycles. The molecule has 2 aliphatic rings. The first kappa shape index (κ1) is 15.3. The summed E-state index contributed by atoms with van der Waals surface area (Å²) in [7, 11) is 0. The first-order valence-electron chi connectivity index (χ1n) is 8.62. The standard InChI is InChI=1S/C17H29N3S/c1-12(2)10-18-11-15-16(14-7-8-14)19-17(21-15)20-9-5-4-6-13(20)3/h12-14,18H,4-11H2,1-3H3. The largest absolute Gasteiger partial charge is 0.345 e. The topological polar surface area (TPSA) is 28.2 Å². The summed E-state index contributed by atoms with van der Waals surface area (Å²) >= 11 is 1.94. The van der Waals surface area contributed by atoms with E-state index in [1.165, 1.54) is 54.4 Å². The van der Waals surface area contributed by atoms with Crippen LogP contribution in [0.3, 0.4) is 0 Å². The molecule has 1 unspecified atom stereocenters. The van der Waals surface area contributed by atoms with Gasteiger partial charge in [0.15, 0.2) is 5.13 Å². The molecule has 0 radical (unpaired) electrons. The molecule has 1 saturated carbocycles. The molecule has 1 N–H and O–H groups in total. The predicted molar refractivity (Wildman–Crippen MR) is 91.3 cm³/mol. The Kier molecular flexibility index (Phi) is 4.85. The van der Waals surface area contributed by atoms with Gasteiger partial charge in [0.2, 0.25) is 0 Å².